The second kappa shape index (κ2) is 9.44. The van der Waals surface area contributed by atoms with E-state index in [1.54, 1.807) is 6.07 Å². The molecule has 172 valence electrons. The van der Waals surface area contributed by atoms with E-state index in [0.717, 1.165) is 35.5 Å². The molecule has 8 nitrogen and oxygen atoms in total. The molecule has 2 aliphatic rings. The van der Waals surface area contributed by atoms with E-state index in [2.05, 4.69) is 20.9 Å². The number of benzene rings is 2. The molecule has 0 radical (unpaired) electrons. The van der Waals surface area contributed by atoms with Crippen molar-refractivity contribution in [2.75, 3.05) is 23.7 Å². The van der Waals surface area contributed by atoms with Crippen LogP contribution >= 0.6 is 0 Å². The highest BCUT2D eigenvalue weighted by Gasteiger charge is 2.28. The maximum Gasteiger partial charge on any atom is 0.280 e. The average Bonchev–Trinajstić information content (AvgIpc) is 3.52. The molecule has 1 saturated heterocycles. The molecule has 3 N–H and O–H groups in total. The molecule has 2 aromatic rings. The van der Waals surface area contributed by atoms with Crippen molar-refractivity contribution >= 4 is 40.7 Å². The second-order valence-electron chi connectivity index (χ2n) is 8.76. The van der Waals surface area contributed by atoms with Gasteiger partial charge in [0.05, 0.1) is 0 Å². The SMILES string of the molecule is CC(=O)N1CCN/C1=N\C(=O)c1ccc(Nc2cccc(NC(=O)C(C)C)c2)c(C2CC2)c1. The van der Waals surface area contributed by atoms with Crippen molar-refractivity contribution in [3.05, 3.63) is 53.6 Å². The largest absolute Gasteiger partial charge is 0.355 e. The zero-order valence-corrected chi connectivity index (χ0v) is 19.1. The number of nitrogens with zero attached hydrogens (tertiary/aromatic N) is 2. The Hall–Kier alpha value is -3.68. The molecular formula is C25H29N5O3. The molecular weight excluding hydrogens is 418 g/mol. The van der Waals surface area contributed by atoms with Gasteiger partial charge in [0.2, 0.25) is 17.8 Å². The van der Waals surface area contributed by atoms with E-state index in [-0.39, 0.29) is 23.6 Å². The Labute approximate surface area is 193 Å². The summed E-state index contributed by atoms with van der Waals surface area (Å²) in [6.07, 6.45) is 2.15. The predicted molar refractivity (Wildman–Crippen MR) is 129 cm³/mol. The van der Waals surface area contributed by atoms with Gasteiger partial charge in [-0.15, -0.1) is 0 Å². The van der Waals surface area contributed by atoms with Gasteiger partial charge in [0.15, 0.2) is 0 Å². The molecule has 2 fully saturated rings. The van der Waals surface area contributed by atoms with Crippen molar-refractivity contribution in [1.29, 1.82) is 0 Å². The Balaban J connectivity index is 1.55. The molecule has 0 bridgehead atoms. The van der Waals surface area contributed by atoms with E-state index in [0.29, 0.717) is 30.5 Å². The van der Waals surface area contributed by atoms with Crippen molar-refractivity contribution in [3.8, 4) is 0 Å². The fourth-order valence-electron chi connectivity index (χ4n) is 3.71. The number of hydrogen-bond donors (Lipinski definition) is 3. The van der Waals surface area contributed by atoms with Crippen LogP contribution in [0.5, 0.6) is 0 Å². The topological polar surface area (TPSA) is 103 Å². The van der Waals surface area contributed by atoms with Crippen LogP contribution < -0.4 is 16.0 Å². The lowest BCUT2D eigenvalue weighted by molar-refractivity contribution is -0.124. The van der Waals surface area contributed by atoms with Gasteiger partial charge < -0.3 is 16.0 Å². The first-order valence-corrected chi connectivity index (χ1v) is 11.3. The number of hydrogen-bond acceptors (Lipinski definition) is 4. The summed E-state index contributed by atoms with van der Waals surface area (Å²) in [6, 6.07) is 13.1. The van der Waals surface area contributed by atoms with E-state index in [1.165, 1.54) is 11.8 Å². The first-order valence-electron chi connectivity index (χ1n) is 11.3. The molecule has 0 atom stereocenters. The highest BCUT2D eigenvalue weighted by molar-refractivity contribution is 6.07. The molecule has 4 rings (SSSR count). The quantitative estimate of drug-likeness (QED) is 0.624. The minimum Gasteiger partial charge on any atom is -0.355 e. The van der Waals surface area contributed by atoms with E-state index in [4.69, 9.17) is 0 Å². The van der Waals surface area contributed by atoms with Crippen LogP contribution in [0.1, 0.15) is 55.5 Å². The van der Waals surface area contributed by atoms with Crippen LogP contribution in [-0.2, 0) is 9.59 Å². The Kier molecular flexibility index (Phi) is 6.44. The van der Waals surface area contributed by atoms with E-state index in [1.807, 2.05) is 50.2 Å². The third kappa shape index (κ3) is 5.39. The smallest absolute Gasteiger partial charge is 0.280 e. The number of anilines is 3. The van der Waals surface area contributed by atoms with Gasteiger partial charge in [-0.05, 0) is 60.7 Å². The molecule has 3 amide bonds. The van der Waals surface area contributed by atoms with Gasteiger partial charge >= 0.3 is 0 Å². The molecule has 0 spiro atoms. The van der Waals surface area contributed by atoms with Gasteiger partial charge in [0.25, 0.3) is 5.91 Å². The average molecular weight is 448 g/mol. The fraction of sp³-hybridized carbons (Fsp3) is 0.360. The minimum atomic E-state index is -0.377. The van der Waals surface area contributed by atoms with Gasteiger partial charge in [0.1, 0.15) is 0 Å². The zero-order valence-electron chi connectivity index (χ0n) is 19.1. The maximum absolute atomic E-state index is 12.8. The Bertz CT molecular complexity index is 1120. The van der Waals surface area contributed by atoms with Crippen LogP contribution in [0.25, 0.3) is 0 Å². The number of amides is 3. The Morgan fingerprint density at radius 1 is 1.09 bits per heavy atom. The van der Waals surface area contributed by atoms with Crippen LogP contribution in [0, 0.1) is 5.92 Å². The van der Waals surface area contributed by atoms with Gasteiger partial charge in [-0.2, -0.15) is 4.99 Å². The molecule has 0 unspecified atom stereocenters. The molecule has 1 heterocycles. The van der Waals surface area contributed by atoms with Crippen molar-refractivity contribution in [3.63, 3.8) is 0 Å². The zero-order chi connectivity index (χ0) is 23.5. The fourth-order valence-corrected chi connectivity index (χ4v) is 3.71. The first kappa shape index (κ1) is 22.5. The lowest BCUT2D eigenvalue weighted by Crippen LogP contribution is -2.34. The summed E-state index contributed by atoms with van der Waals surface area (Å²) in [4.78, 5) is 42.2. The van der Waals surface area contributed by atoms with Crippen molar-refractivity contribution < 1.29 is 14.4 Å². The monoisotopic (exact) mass is 447 g/mol. The third-order valence-electron chi connectivity index (χ3n) is 5.71. The van der Waals surface area contributed by atoms with Gasteiger partial charge in [0, 0.05) is 48.6 Å². The van der Waals surface area contributed by atoms with Crippen LogP contribution in [0.4, 0.5) is 17.1 Å². The van der Waals surface area contributed by atoms with Gasteiger partial charge in [-0.1, -0.05) is 19.9 Å². The number of aliphatic imine (C=N–C) groups is 1. The minimum absolute atomic E-state index is 0.0320. The summed E-state index contributed by atoms with van der Waals surface area (Å²) in [6.45, 7) is 6.26. The van der Waals surface area contributed by atoms with Crippen LogP contribution in [0.2, 0.25) is 0 Å². The second-order valence-corrected chi connectivity index (χ2v) is 8.76. The molecule has 1 saturated carbocycles. The van der Waals surface area contributed by atoms with E-state index < -0.39 is 0 Å². The van der Waals surface area contributed by atoms with Crippen molar-refractivity contribution in [2.24, 2.45) is 10.9 Å². The summed E-state index contributed by atoms with van der Waals surface area (Å²) in [5.74, 6) is 0.0566. The van der Waals surface area contributed by atoms with Crippen LogP contribution in [0.3, 0.4) is 0 Å². The summed E-state index contributed by atoms with van der Waals surface area (Å²) < 4.78 is 0. The standard InChI is InChI=1S/C25H29N5O3/c1-15(2)23(32)28-20-6-4-5-19(14-20)27-22-10-9-18(13-21(22)17-7-8-17)24(33)29-25-26-11-12-30(25)16(3)31/h4-6,9-10,13-15,17,27H,7-8,11-12H2,1-3H3,(H,28,32)(H,26,29,33). The Morgan fingerprint density at radius 2 is 1.85 bits per heavy atom. The van der Waals surface area contributed by atoms with Gasteiger partial charge in [-0.3, -0.25) is 19.3 Å². The highest BCUT2D eigenvalue weighted by atomic mass is 16.2. The van der Waals surface area contributed by atoms with E-state index in [9.17, 15) is 14.4 Å². The molecule has 1 aliphatic heterocycles. The molecule has 8 heteroatoms. The highest BCUT2D eigenvalue weighted by Crippen LogP contribution is 2.44. The maximum atomic E-state index is 12.8. The lowest BCUT2D eigenvalue weighted by Gasteiger charge is -2.15. The summed E-state index contributed by atoms with van der Waals surface area (Å²) in [7, 11) is 0. The number of guanidine groups is 1. The number of carbonyl (C=O) groups excluding carboxylic acids is 3. The van der Waals surface area contributed by atoms with Crippen LogP contribution in [0.15, 0.2) is 47.5 Å². The summed E-state index contributed by atoms with van der Waals surface area (Å²) >= 11 is 0. The molecule has 33 heavy (non-hydrogen) atoms. The van der Waals surface area contributed by atoms with Crippen LogP contribution in [-0.4, -0.2) is 41.7 Å². The summed E-state index contributed by atoms with van der Waals surface area (Å²) in [5, 5.41) is 9.35. The molecule has 1 aliphatic carbocycles. The summed E-state index contributed by atoms with van der Waals surface area (Å²) in [5.41, 5.74) is 4.07. The lowest BCUT2D eigenvalue weighted by atomic mass is 10.0. The third-order valence-corrected chi connectivity index (χ3v) is 5.71. The molecule has 2 aromatic carbocycles. The number of nitrogens with one attached hydrogen (secondary N) is 3. The van der Waals surface area contributed by atoms with Gasteiger partial charge in [-0.25, -0.2) is 0 Å². The normalized spacial score (nSPS) is 16.6. The predicted octanol–water partition coefficient (Wildman–Crippen LogP) is 3.85. The Morgan fingerprint density at radius 3 is 2.55 bits per heavy atom. The van der Waals surface area contributed by atoms with E-state index >= 15 is 0 Å². The van der Waals surface area contributed by atoms with Crippen molar-refractivity contribution in [1.82, 2.24) is 10.2 Å². The number of rotatable bonds is 6. The van der Waals surface area contributed by atoms with Crippen molar-refractivity contribution in [2.45, 2.75) is 39.5 Å². The molecule has 0 aromatic heterocycles. The first-order chi connectivity index (χ1) is 15.8. The number of carbonyl (C=O) groups is 3.